The van der Waals surface area contributed by atoms with Crippen LogP contribution < -0.4 is 15.7 Å². The van der Waals surface area contributed by atoms with Gasteiger partial charge >= 0.3 is 19.3 Å². The average molecular weight is 476 g/mol. The lowest BCUT2D eigenvalue weighted by Crippen LogP contribution is -2.41. The van der Waals surface area contributed by atoms with E-state index in [9.17, 15) is 18.0 Å². The summed E-state index contributed by atoms with van der Waals surface area (Å²) in [6.45, 7) is 12.5. The Bertz CT molecular complexity index is 1010. The van der Waals surface area contributed by atoms with E-state index in [-0.39, 0.29) is 11.6 Å². The van der Waals surface area contributed by atoms with Crippen LogP contribution in [0, 0.1) is 0 Å². The van der Waals surface area contributed by atoms with Crippen molar-refractivity contribution in [3.8, 4) is 0 Å². The van der Waals surface area contributed by atoms with Crippen LogP contribution in [-0.2, 0) is 22.2 Å². The molecular weight excluding hydrogens is 444 g/mol. The third-order valence-electron chi connectivity index (χ3n) is 6.38. The highest BCUT2D eigenvalue weighted by atomic mass is 19.4. The number of fused-ring (bicyclic) bond motifs is 1. The molecule has 0 unspecified atom stereocenters. The molecule has 1 fully saturated rings. The Morgan fingerprint density at radius 1 is 1.03 bits per heavy atom. The number of amides is 2. The zero-order valence-corrected chi connectivity index (χ0v) is 20.5. The fourth-order valence-electron chi connectivity index (χ4n) is 3.89. The number of nitrogens with zero attached hydrogens (tertiary/aromatic N) is 1. The Morgan fingerprint density at radius 2 is 1.62 bits per heavy atom. The molecule has 1 saturated heterocycles. The molecule has 184 valence electrons. The number of hydrogen-bond acceptors (Lipinski definition) is 3. The Morgan fingerprint density at radius 3 is 2.18 bits per heavy atom. The van der Waals surface area contributed by atoms with Gasteiger partial charge in [-0.1, -0.05) is 38.1 Å². The second kappa shape index (κ2) is 9.62. The van der Waals surface area contributed by atoms with Crippen LogP contribution in [0.2, 0.25) is 0 Å². The van der Waals surface area contributed by atoms with Crippen LogP contribution in [0.1, 0.15) is 52.7 Å². The number of rotatable bonds is 3. The summed E-state index contributed by atoms with van der Waals surface area (Å²) in [5.74, 6) is 0. The molecule has 2 aromatic rings. The first kappa shape index (κ1) is 26.1. The lowest BCUT2D eigenvalue weighted by molar-refractivity contribution is -0.127. The maximum absolute atomic E-state index is 12.8. The molecule has 0 spiro atoms. The Hall–Kier alpha value is -2.52. The van der Waals surface area contributed by atoms with Crippen molar-refractivity contribution in [2.24, 2.45) is 0 Å². The molecule has 2 heterocycles. The number of alkyl halides is 3. The molecule has 1 N–H and O–H groups in total. The number of benzene rings is 2. The lowest BCUT2D eigenvalue weighted by Gasteiger charge is -2.32. The molecular formula is C25H32BF3N2O3. The minimum Gasteiger partial charge on any atom is -0.399 e. The van der Waals surface area contributed by atoms with Gasteiger partial charge in [-0.05, 0) is 68.9 Å². The van der Waals surface area contributed by atoms with Crippen molar-refractivity contribution in [2.75, 3.05) is 16.8 Å². The number of anilines is 2. The minimum absolute atomic E-state index is 0.150. The molecule has 0 saturated carbocycles. The van der Waals surface area contributed by atoms with Gasteiger partial charge in [-0.25, -0.2) is 4.79 Å². The molecule has 5 nitrogen and oxygen atoms in total. The molecule has 2 amide bonds. The van der Waals surface area contributed by atoms with Gasteiger partial charge in [0.15, 0.2) is 0 Å². The van der Waals surface area contributed by atoms with Gasteiger partial charge in [0.05, 0.1) is 17.6 Å². The molecule has 2 aliphatic heterocycles. The zero-order chi connectivity index (χ0) is 25.3. The zero-order valence-electron chi connectivity index (χ0n) is 20.5. The lowest BCUT2D eigenvalue weighted by atomic mass is 9.78. The van der Waals surface area contributed by atoms with E-state index in [1.54, 1.807) is 4.90 Å². The molecule has 2 aromatic carbocycles. The molecule has 4 rings (SSSR count). The van der Waals surface area contributed by atoms with Crippen LogP contribution in [0.25, 0.3) is 0 Å². The quantitative estimate of drug-likeness (QED) is 0.578. The van der Waals surface area contributed by atoms with E-state index in [2.05, 4.69) is 5.32 Å². The normalized spacial score (nSPS) is 18.3. The summed E-state index contributed by atoms with van der Waals surface area (Å²) in [4.78, 5) is 14.4. The van der Waals surface area contributed by atoms with Crippen molar-refractivity contribution in [1.29, 1.82) is 0 Å². The second-order valence-corrected chi connectivity index (χ2v) is 9.30. The number of hydrogen-bond donors (Lipinski definition) is 1. The number of nitrogens with one attached hydrogen (secondary N) is 1. The molecule has 2 aliphatic rings. The van der Waals surface area contributed by atoms with Crippen molar-refractivity contribution in [3.05, 3.63) is 53.6 Å². The first-order chi connectivity index (χ1) is 15.8. The van der Waals surface area contributed by atoms with Gasteiger partial charge in [0.1, 0.15) is 0 Å². The highest BCUT2D eigenvalue weighted by Gasteiger charge is 2.51. The van der Waals surface area contributed by atoms with E-state index in [1.807, 2.05) is 59.7 Å². The van der Waals surface area contributed by atoms with Gasteiger partial charge in [-0.15, -0.1) is 0 Å². The van der Waals surface area contributed by atoms with Crippen LogP contribution >= 0.6 is 0 Å². The molecule has 0 aromatic heterocycles. The van der Waals surface area contributed by atoms with Gasteiger partial charge in [0.2, 0.25) is 0 Å². The van der Waals surface area contributed by atoms with Crippen LogP contribution in [-0.4, -0.2) is 37.1 Å². The van der Waals surface area contributed by atoms with Crippen molar-refractivity contribution in [2.45, 2.75) is 71.8 Å². The second-order valence-electron chi connectivity index (χ2n) is 9.30. The summed E-state index contributed by atoms with van der Waals surface area (Å²) >= 11 is 0. The summed E-state index contributed by atoms with van der Waals surface area (Å²) in [5.41, 5.74) is 2.46. The highest BCUT2D eigenvalue weighted by molar-refractivity contribution is 6.62. The smallest absolute Gasteiger partial charge is 0.399 e. The first-order valence-electron chi connectivity index (χ1n) is 11.6. The van der Waals surface area contributed by atoms with Crippen molar-refractivity contribution >= 4 is 30.0 Å². The van der Waals surface area contributed by atoms with E-state index < -0.39 is 30.9 Å². The predicted octanol–water partition coefficient (Wildman–Crippen LogP) is 5.71. The van der Waals surface area contributed by atoms with Gasteiger partial charge in [-0.3, -0.25) is 4.90 Å². The van der Waals surface area contributed by atoms with Gasteiger partial charge in [-0.2, -0.15) is 13.2 Å². The van der Waals surface area contributed by atoms with Gasteiger partial charge < -0.3 is 14.6 Å². The Kier molecular flexibility index (Phi) is 7.38. The fourth-order valence-corrected chi connectivity index (χ4v) is 3.89. The summed E-state index contributed by atoms with van der Waals surface area (Å²) in [7, 11) is -0.469. The molecule has 0 radical (unpaired) electrons. The topological polar surface area (TPSA) is 50.8 Å². The summed E-state index contributed by atoms with van der Waals surface area (Å²) in [5, 5.41) is 2.76. The van der Waals surface area contributed by atoms with E-state index in [4.69, 9.17) is 9.31 Å². The van der Waals surface area contributed by atoms with Gasteiger partial charge in [0.25, 0.3) is 0 Å². The monoisotopic (exact) mass is 476 g/mol. The van der Waals surface area contributed by atoms with Crippen molar-refractivity contribution < 1.29 is 27.3 Å². The van der Waals surface area contributed by atoms with E-state index in [1.165, 1.54) is 24.3 Å². The largest absolute Gasteiger partial charge is 0.494 e. The standard InChI is InChI=1S/C23H26BF3N2O3.C2H6/c1-21(2)22(3,4)32-24(31-21)17-7-10-19-16(13-17)11-12-29(19)20(30)28-18-8-5-15(6-9-18)14-23(25,26)27;1-2/h5-10,13H,11-12,14H2,1-4H3,(H,28,30);1-2H3. The van der Waals surface area contributed by atoms with Crippen LogP contribution in [0.4, 0.5) is 29.3 Å². The Labute approximate surface area is 199 Å². The van der Waals surface area contributed by atoms with E-state index in [0.717, 1.165) is 16.7 Å². The maximum Gasteiger partial charge on any atom is 0.494 e. The maximum atomic E-state index is 12.8. The third kappa shape index (κ3) is 5.58. The first-order valence-corrected chi connectivity index (χ1v) is 11.6. The molecule has 0 aliphatic carbocycles. The molecule has 34 heavy (non-hydrogen) atoms. The van der Waals surface area contributed by atoms with Crippen LogP contribution in [0.15, 0.2) is 42.5 Å². The molecule has 9 heteroatoms. The van der Waals surface area contributed by atoms with Gasteiger partial charge in [0, 0.05) is 17.9 Å². The number of carbonyl (C=O) groups is 1. The average Bonchev–Trinajstić information content (AvgIpc) is 3.27. The Balaban J connectivity index is 0.00000158. The predicted molar refractivity (Wildman–Crippen MR) is 130 cm³/mol. The fraction of sp³-hybridized carbons (Fsp3) is 0.480. The number of halogens is 3. The summed E-state index contributed by atoms with van der Waals surface area (Å²) in [6.07, 6.45) is -4.56. The van der Waals surface area contributed by atoms with Crippen LogP contribution in [0.3, 0.4) is 0 Å². The summed E-state index contributed by atoms with van der Waals surface area (Å²) < 4.78 is 49.8. The SMILES string of the molecule is CC.CC1(C)OB(c2ccc3c(c2)CCN3C(=O)Nc2ccc(CC(F)(F)F)cc2)OC1(C)C. The summed E-state index contributed by atoms with van der Waals surface area (Å²) in [6, 6.07) is 11.2. The molecule has 0 bridgehead atoms. The molecule has 0 atom stereocenters. The minimum atomic E-state index is -4.26. The van der Waals surface area contributed by atoms with E-state index >= 15 is 0 Å². The van der Waals surface area contributed by atoms with Crippen LogP contribution in [0.5, 0.6) is 0 Å². The third-order valence-corrected chi connectivity index (χ3v) is 6.38. The highest BCUT2D eigenvalue weighted by Crippen LogP contribution is 2.37. The van der Waals surface area contributed by atoms with Crippen molar-refractivity contribution in [3.63, 3.8) is 0 Å². The number of carbonyl (C=O) groups excluding carboxylic acids is 1. The van der Waals surface area contributed by atoms with Crippen molar-refractivity contribution in [1.82, 2.24) is 0 Å². The van der Waals surface area contributed by atoms with E-state index in [0.29, 0.717) is 18.7 Å². The number of urea groups is 1.